The molecule has 0 fully saturated rings. The van der Waals surface area contributed by atoms with E-state index in [2.05, 4.69) is 4.99 Å². The van der Waals surface area contributed by atoms with E-state index in [-0.39, 0.29) is 11.8 Å². The largest absolute Gasteiger partial charge is 0.476 e. The zero-order valence-corrected chi connectivity index (χ0v) is 16.6. The summed E-state index contributed by atoms with van der Waals surface area (Å²) < 4.78 is 5.93. The van der Waals surface area contributed by atoms with E-state index in [9.17, 15) is 9.59 Å². The van der Waals surface area contributed by atoms with Crippen LogP contribution in [0.25, 0.3) is 0 Å². The lowest BCUT2D eigenvalue weighted by molar-refractivity contribution is -0.133. The third-order valence-corrected chi connectivity index (χ3v) is 5.50. The van der Waals surface area contributed by atoms with Crippen LogP contribution in [0.5, 0.6) is 5.75 Å². The van der Waals surface area contributed by atoms with Crippen LogP contribution >= 0.6 is 11.8 Å². The lowest BCUT2D eigenvalue weighted by Crippen LogP contribution is -2.52. The monoisotopic (exact) mass is 375 g/mol. The average Bonchev–Trinajstić information content (AvgIpc) is 3.12. The zero-order valence-electron chi connectivity index (χ0n) is 15.7. The quantitative estimate of drug-likeness (QED) is 0.793. The number of hydrogen-bond acceptors (Lipinski definition) is 5. The van der Waals surface area contributed by atoms with Gasteiger partial charge in [0, 0.05) is 44.9 Å². The first-order valence-corrected chi connectivity index (χ1v) is 9.81. The number of rotatable bonds is 5. The Kier molecular flexibility index (Phi) is 5.27. The molecule has 0 N–H and O–H groups in total. The van der Waals surface area contributed by atoms with Crippen molar-refractivity contribution in [2.24, 2.45) is 4.99 Å². The highest BCUT2D eigenvalue weighted by Crippen LogP contribution is 2.39. The summed E-state index contributed by atoms with van der Waals surface area (Å²) in [6.45, 7) is 4.87. The molecule has 1 aromatic carbocycles. The third-order valence-electron chi connectivity index (χ3n) is 4.48. The van der Waals surface area contributed by atoms with Crippen molar-refractivity contribution < 1.29 is 14.3 Å². The van der Waals surface area contributed by atoms with E-state index in [1.165, 1.54) is 0 Å². The fourth-order valence-corrected chi connectivity index (χ4v) is 3.90. The van der Waals surface area contributed by atoms with Crippen molar-refractivity contribution in [3.05, 3.63) is 23.8 Å². The molecule has 0 aromatic heterocycles. The van der Waals surface area contributed by atoms with Crippen LogP contribution in [0.2, 0.25) is 0 Å². The summed E-state index contributed by atoms with van der Waals surface area (Å²) in [5, 5.41) is 1.01. The number of fused-ring (bicyclic) bond motifs is 1. The molecular formula is C19H25N3O3S. The number of carbonyl (C=O) groups is 2. The van der Waals surface area contributed by atoms with Gasteiger partial charge < -0.3 is 14.5 Å². The molecule has 0 spiro atoms. The van der Waals surface area contributed by atoms with Crippen molar-refractivity contribution in [1.29, 1.82) is 0 Å². The highest BCUT2D eigenvalue weighted by Gasteiger charge is 2.40. The molecule has 6 nitrogen and oxygen atoms in total. The van der Waals surface area contributed by atoms with Crippen LogP contribution in [0.15, 0.2) is 23.2 Å². The second-order valence-electron chi connectivity index (χ2n) is 7.18. The van der Waals surface area contributed by atoms with Gasteiger partial charge in [0.1, 0.15) is 5.75 Å². The van der Waals surface area contributed by atoms with Crippen LogP contribution in [0.4, 0.5) is 5.69 Å². The topological polar surface area (TPSA) is 62.2 Å². The van der Waals surface area contributed by atoms with Gasteiger partial charge in [0.15, 0.2) is 5.60 Å². The van der Waals surface area contributed by atoms with Gasteiger partial charge in [-0.3, -0.25) is 14.6 Å². The summed E-state index contributed by atoms with van der Waals surface area (Å²) in [4.78, 5) is 32.6. The van der Waals surface area contributed by atoms with E-state index in [4.69, 9.17) is 4.74 Å². The number of ether oxygens (including phenoxy) is 1. The van der Waals surface area contributed by atoms with E-state index in [0.717, 1.165) is 28.6 Å². The molecule has 0 bridgehead atoms. The first kappa shape index (κ1) is 18.8. The van der Waals surface area contributed by atoms with E-state index in [0.29, 0.717) is 25.1 Å². The first-order chi connectivity index (χ1) is 12.3. The van der Waals surface area contributed by atoms with Crippen molar-refractivity contribution in [1.82, 2.24) is 4.90 Å². The number of thioether (sulfide) groups is 1. The summed E-state index contributed by atoms with van der Waals surface area (Å²) >= 11 is 1.73. The summed E-state index contributed by atoms with van der Waals surface area (Å²) in [6.07, 6.45) is 1.02. The molecule has 0 saturated carbocycles. The van der Waals surface area contributed by atoms with Gasteiger partial charge >= 0.3 is 0 Å². The molecule has 2 amide bonds. The normalized spacial score (nSPS) is 18.2. The molecule has 2 aliphatic heterocycles. The van der Waals surface area contributed by atoms with Gasteiger partial charge in [0.25, 0.3) is 5.91 Å². The fourth-order valence-electron chi connectivity index (χ4n) is 3.04. The van der Waals surface area contributed by atoms with E-state index in [1.807, 2.05) is 18.2 Å². The van der Waals surface area contributed by atoms with Gasteiger partial charge in [0.2, 0.25) is 5.91 Å². The summed E-state index contributed by atoms with van der Waals surface area (Å²) in [6, 6.07) is 5.89. The standard InChI is InChI=1S/C19H25N3O3S/c1-19(2)18(24)22(10-5-6-16(23)21(3)4)14-12-13(7-8-15(14)25-19)17-20-9-11-26-17/h7-8,12H,5-6,9-11H2,1-4H3. The van der Waals surface area contributed by atoms with Crippen molar-refractivity contribution in [3.8, 4) is 5.75 Å². The van der Waals surface area contributed by atoms with Gasteiger partial charge in [-0.2, -0.15) is 0 Å². The molecule has 2 aliphatic rings. The number of benzene rings is 1. The smallest absolute Gasteiger partial charge is 0.270 e. The molecular weight excluding hydrogens is 350 g/mol. The van der Waals surface area contributed by atoms with E-state index in [1.54, 1.807) is 49.5 Å². The molecule has 0 radical (unpaired) electrons. The van der Waals surface area contributed by atoms with Crippen LogP contribution < -0.4 is 9.64 Å². The van der Waals surface area contributed by atoms with E-state index < -0.39 is 5.60 Å². The third kappa shape index (κ3) is 3.72. The zero-order chi connectivity index (χ0) is 18.9. The second kappa shape index (κ2) is 7.31. The molecule has 26 heavy (non-hydrogen) atoms. The highest BCUT2D eigenvalue weighted by molar-refractivity contribution is 8.14. The Morgan fingerprint density at radius 2 is 2.15 bits per heavy atom. The minimum atomic E-state index is -0.917. The minimum absolute atomic E-state index is 0.0654. The molecule has 1 aromatic rings. The number of hydrogen-bond donors (Lipinski definition) is 0. The number of amides is 2. The van der Waals surface area contributed by atoms with Crippen molar-refractivity contribution >= 4 is 34.3 Å². The molecule has 0 atom stereocenters. The van der Waals surface area contributed by atoms with Crippen molar-refractivity contribution in [2.45, 2.75) is 32.3 Å². The molecule has 0 unspecified atom stereocenters. The van der Waals surface area contributed by atoms with Crippen LogP contribution in [0.3, 0.4) is 0 Å². The summed E-state index contributed by atoms with van der Waals surface area (Å²) in [7, 11) is 3.49. The molecule has 140 valence electrons. The molecule has 0 aliphatic carbocycles. The first-order valence-electron chi connectivity index (χ1n) is 8.82. The van der Waals surface area contributed by atoms with Crippen molar-refractivity contribution in [3.63, 3.8) is 0 Å². The van der Waals surface area contributed by atoms with Gasteiger partial charge in [-0.25, -0.2) is 0 Å². The van der Waals surface area contributed by atoms with E-state index >= 15 is 0 Å². The Morgan fingerprint density at radius 1 is 1.38 bits per heavy atom. The Morgan fingerprint density at radius 3 is 2.81 bits per heavy atom. The molecule has 2 heterocycles. The van der Waals surface area contributed by atoms with Crippen LogP contribution in [0.1, 0.15) is 32.3 Å². The Balaban J connectivity index is 1.86. The molecule has 3 rings (SSSR count). The SMILES string of the molecule is CN(C)C(=O)CCCN1C(=O)C(C)(C)Oc2ccc(C3=NCCS3)cc21. The lowest BCUT2D eigenvalue weighted by Gasteiger charge is -2.39. The summed E-state index contributed by atoms with van der Waals surface area (Å²) in [5.41, 5.74) is 0.857. The number of carbonyl (C=O) groups excluding carboxylic acids is 2. The maximum Gasteiger partial charge on any atom is 0.270 e. The number of anilines is 1. The molecule has 7 heteroatoms. The van der Waals surface area contributed by atoms with Gasteiger partial charge in [-0.05, 0) is 38.5 Å². The molecule has 0 saturated heterocycles. The number of aliphatic imine (C=N–C) groups is 1. The average molecular weight is 375 g/mol. The Bertz CT molecular complexity index is 758. The van der Waals surface area contributed by atoms with Crippen LogP contribution in [0, 0.1) is 0 Å². The Labute approximate surface area is 158 Å². The van der Waals surface area contributed by atoms with Gasteiger partial charge in [0.05, 0.1) is 10.7 Å². The van der Waals surface area contributed by atoms with Crippen molar-refractivity contribution in [2.75, 3.05) is 37.8 Å². The number of nitrogens with zero attached hydrogens (tertiary/aromatic N) is 3. The summed E-state index contributed by atoms with van der Waals surface area (Å²) in [5.74, 6) is 1.67. The maximum atomic E-state index is 12.9. The van der Waals surface area contributed by atoms with Gasteiger partial charge in [-0.1, -0.05) is 0 Å². The lowest BCUT2D eigenvalue weighted by atomic mass is 10.0. The fraction of sp³-hybridized carbons (Fsp3) is 0.526. The Hall–Kier alpha value is -2.02. The second-order valence-corrected chi connectivity index (χ2v) is 8.26. The maximum absolute atomic E-state index is 12.9. The van der Waals surface area contributed by atoms with Crippen LogP contribution in [-0.2, 0) is 9.59 Å². The van der Waals surface area contributed by atoms with Gasteiger partial charge in [-0.15, -0.1) is 11.8 Å². The predicted molar refractivity (Wildman–Crippen MR) is 105 cm³/mol. The highest BCUT2D eigenvalue weighted by atomic mass is 32.2. The van der Waals surface area contributed by atoms with Crippen LogP contribution in [-0.4, -0.2) is 60.3 Å². The minimum Gasteiger partial charge on any atom is -0.476 e. The predicted octanol–water partition coefficient (Wildman–Crippen LogP) is 2.55.